The van der Waals surface area contributed by atoms with Gasteiger partial charge in [-0.3, -0.25) is 0 Å². The summed E-state index contributed by atoms with van der Waals surface area (Å²) >= 11 is 0. The lowest BCUT2D eigenvalue weighted by Gasteiger charge is -2.35. The molecule has 1 aromatic carbocycles. The van der Waals surface area contributed by atoms with Crippen molar-refractivity contribution in [2.75, 3.05) is 38.1 Å². The van der Waals surface area contributed by atoms with E-state index in [2.05, 4.69) is 68.1 Å². The van der Waals surface area contributed by atoms with Crippen molar-refractivity contribution in [3.63, 3.8) is 0 Å². The molecule has 0 spiro atoms. The van der Waals surface area contributed by atoms with Gasteiger partial charge < -0.3 is 15.1 Å². The van der Waals surface area contributed by atoms with Gasteiger partial charge in [-0.2, -0.15) is 0 Å². The lowest BCUT2D eigenvalue weighted by Crippen LogP contribution is -2.44. The lowest BCUT2D eigenvalue weighted by molar-refractivity contribution is 0.312. The Morgan fingerprint density at radius 2 is 1.75 bits per heavy atom. The van der Waals surface area contributed by atoms with E-state index in [-0.39, 0.29) is 5.54 Å². The molecule has 1 heterocycles. The molecule has 1 aliphatic heterocycles. The summed E-state index contributed by atoms with van der Waals surface area (Å²) in [5.74, 6) is 0. The van der Waals surface area contributed by atoms with Crippen molar-refractivity contribution in [1.29, 1.82) is 0 Å². The highest BCUT2D eigenvalue weighted by Gasteiger charge is 2.16. The second-order valence-electron chi connectivity index (χ2n) is 7.01. The minimum Gasteiger partial charge on any atom is -0.369 e. The van der Waals surface area contributed by atoms with Gasteiger partial charge in [0.1, 0.15) is 0 Å². The van der Waals surface area contributed by atoms with Crippen LogP contribution in [0.2, 0.25) is 0 Å². The standard InChI is InChI=1S/C17H29N3/c1-14-12-15(13-18-17(2,3)4)6-7-16(14)20-10-8-19(5)9-11-20/h6-7,12,18H,8-11,13H2,1-5H3. The van der Waals surface area contributed by atoms with Crippen LogP contribution in [-0.4, -0.2) is 43.7 Å². The third-order valence-electron chi connectivity index (χ3n) is 3.93. The number of hydrogen-bond acceptors (Lipinski definition) is 3. The minimum absolute atomic E-state index is 0.171. The van der Waals surface area contributed by atoms with Crippen LogP contribution in [0.1, 0.15) is 31.9 Å². The van der Waals surface area contributed by atoms with E-state index < -0.39 is 0 Å². The molecule has 0 unspecified atom stereocenters. The molecule has 0 bridgehead atoms. The molecule has 0 amide bonds. The molecule has 1 N–H and O–H groups in total. The number of rotatable bonds is 3. The van der Waals surface area contributed by atoms with Crippen molar-refractivity contribution in [3.05, 3.63) is 29.3 Å². The highest BCUT2D eigenvalue weighted by Crippen LogP contribution is 2.22. The molecule has 3 heteroatoms. The molecule has 0 aromatic heterocycles. The normalized spacial score (nSPS) is 17.6. The number of hydrogen-bond donors (Lipinski definition) is 1. The average molecular weight is 275 g/mol. The van der Waals surface area contributed by atoms with Gasteiger partial charge in [-0.05, 0) is 51.9 Å². The second-order valence-corrected chi connectivity index (χ2v) is 7.01. The Labute approximate surface area is 124 Å². The molecule has 2 rings (SSSR count). The van der Waals surface area contributed by atoms with E-state index in [1.807, 2.05) is 0 Å². The molecule has 0 aliphatic carbocycles. The Morgan fingerprint density at radius 1 is 1.10 bits per heavy atom. The van der Waals surface area contributed by atoms with E-state index in [1.54, 1.807) is 0 Å². The molecule has 0 atom stereocenters. The quantitative estimate of drug-likeness (QED) is 0.915. The van der Waals surface area contributed by atoms with Crippen LogP contribution in [0.25, 0.3) is 0 Å². The Bertz CT molecular complexity index is 440. The minimum atomic E-state index is 0.171. The summed E-state index contributed by atoms with van der Waals surface area (Å²) in [5.41, 5.74) is 4.33. The largest absolute Gasteiger partial charge is 0.369 e. The summed E-state index contributed by atoms with van der Waals surface area (Å²) in [6.45, 7) is 14.4. The maximum atomic E-state index is 3.55. The molecule has 1 fully saturated rings. The van der Waals surface area contributed by atoms with Gasteiger partial charge in [0.25, 0.3) is 0 Å². The van der Waals surface area contributed by atoms with Gasteiger partial charge in [0.2, 0.25) is 0 Å². The van der Waals surface area contributed by atoms with Crippen molar-refractivity contribution in [2.45, 2.75) is 39.8 Å². The first-order valence-corrected chi connectivity index (χ1v) is 7.63. The highest BCUT2D eigenvalue weighted by molar-refractivity contribution is 5.54. The second kappa shape index (κ2) is 6.15. The third kappa shape index (κ3) is 4.22. The fourth-order valence-electron chi connectivity index (χ4n) is 2.60. The van der Waals surface area contributed by atoms with Crippen molar-refractivity contribution >= 4 is 5.69 Å². The van der Waals surface area contributed by atoms with Crippen LogP contribution in [0, 0.1) is 6.92 Å². The molecule has 1 aliphatic rings. The summed E-state index contributed by atoms with van der Waals surface area (Å²) in [6.07, 6.45) is 0. The predicted octanol–water partition coefficient (Wildman–Crippen LogP) is 2.63. The Morgan fingerprint density at radius 3 is 2.30 bits per heavy atom. The van der Waals surface area contributed by atoms with Crippen LogP contribution in [0.3, 0.4) is 0 Å². The van der Waals surface area contributed by atoms with Gasteiger partial charge in [0, 0.05) is 44.0 Å². The first kappa shape index (κ1) is 15.3. The van der Waals surface area contributed by atoms with Gasteiger partial charge in [0.15, 0.2) is 0 Å². The van der Waals surface area contributed by atoms with E-state index in [9.17, 15) is 0 Å². The fraction of sp³-hybridized carbons (Fsp3) is 0.647. The van der Waals surface area contributed by atoms with Crippen molar-refractivity contribution < 1.29 is 0 Å². The van der Waals surface area contributed by atoms with Crippen molar-refractivity contribution in [1.82, 2.24) is 10.2 Å². The summed E-state index contributed by atoms with van der Waals surface area (Å²) in [5, 5.41) is 3.55. The Hall–Kier alpha value is -1.06. The number of nitrogens with zero attached hydrogens (tertiary/aromatic N) is 2. The van der Waals surface area contributed by atoms with Gasteiger partial charge in [-0.1, -0.05) is 12.1 Å². The summed E-state index contributed by atoms with van der Waals surface area (Å²) in [6, 6.07) is 6.88. The maximum absolute atomic E-state index is 3.55. The SMILES string of the molecule is Cc1cc(CNC(C)(C)C)ccc1N1CCN(C)CC1. The van der Waals surface area contributed by atoms with Crippen LogP contribution in [0.4, 0.5) is 5.69 Å². The summed E-state index contributed by atoms with van der Waals surface area (Å²) in [4.78, 5) is 4.91. The molecule has 20 heavy (non-hydrogen) atoms. The van der Waals surface area contributed by atoms with Crippen LogP contribution in [0.5, 0.6) is 0 Å². The topological polar surface area (TPSA) is 18.5 Å². The fourth-order valence-corrected chi connectivity index (χ4v) is 2.60. The average Bonchev–Trinajstić information content (AvgIpc) is 2.37. The van der Waals surface area contributed by atoms with E-state index in [1.165, 1.54) is 16.8 Å². The van der Waals surface area contributed by atoms with Gasteiger partial charge >= 0.3 is 0 Å². The summed E-state index contributed by atoms with van der Waals surface area (Å²) < 4.78 is 0. The number of anilines is 1. The van der Waals surface area contributed by atoms with Crippen molar-refractivity contribution in [3.8, 4) is 0 Å². The molecular weight excluding hydrogens is 246 g/mol. The Kier molecular flexibility index (Phi) is 4.71. The zero-order valence-electron chi connectivity index (χ0n) is 13.7. The van der Waals surface area contributed by atoms with Gasteiger partial charge in [-0.15, -0.1) is 0 Å². The lowest BCUT2D eigenvalue weighted by atomic mass is 10.1. The molecule has 1 aromatic rings. The first-order chi connectivity index (χ1) is 9.35. The Balaban J connectivity index is 2.02. The van der Waals surface area contributed by atoms with E-state index in [0.29, 0.717) is 0 Å². The number of aryl methyl sites for hydroxylation is 1. The van der Waals surface area contributed by atoms with E-state index in [4.69, 9.17) is 0 Å². The van der Waals surface area contributed by atoms with Gasteiger partial charge in [-0.25, -0.2) is 0 Å². The van der Waals surface area contributed by atoms with Crippen LogP contribution < -0.4 is 10.2 Å². The molecule has 0 saturated carbocycles. The molecule has 3 nitrogen and oxygen atoms in total. The molecule has 0 radical (unpaired) electrons. The number of nitrogens with one attached hydrogen (secondary N) is 1. The van der Waals surface area contributed by atoms with Crippen LogP contribution in [0.15, 0.2) is 18.2 Å². The zero-order valence-corrected chi connectivity index (χ0v) is 13.7. The van der Waals surface area contributed by atoms with E-state index >= 15 is 0 Å². The summed E-state index contributed by atoms with van der Waals surface area (Å²) in [7, 11) is 2.20. The maximum Gasteiger partial charge on any atom is 0.0397 e. The first-order valence-electron chi connectivity index (χ1n) is 7.63. The monoisotopic (exact) mass is 275 g/mol. The smallest absolute Gasteiger partial charge is 0.0397 e. The predicted molar refractivity (Wildman–Crippen MR) is 87.5 cm³/mol. The van der Waals surface area contributed by atoms with Crippen molar-refractivity contribution in [2.24, 2.45) is 0 Å². The number of benzene rings is 1. The molecule has 1 saturated heterocycles. The van der Waals surface area contributed by atoms with Gasteiger partial charge in [0.05, 0.1) is 0 Å². The van der Waals surface area contributed by atoms with Crippen LogP contribution in [-0.2, 0) is 6.54 Å². The zero-order chi connectivity index (χ0) is 14.8. The molecular formula is C17H29N3. The van der Waals surface area contributed by atoms with Crippen LogP contribution >= 0.6 is 0 Å². The highest BCUT2D eigenvalue weighted by atomic mass is 15.2. The number of piperazine rings is 1. The third-order valence-corrected chi connectivity index (χ3v) is 3.93. The number of likely N-dealkylation sites (N-methyl/N-ethyl adjacent to an activating group) is 1. The van der Waals surface area contributed by atoms with E-state index in [0.717, 1.165) is 32.7 Å². The molecule has 112 valence electrons.